The lowest BCUT2D eigenvalue weighted by molar-refractivity contribution is 0.102. The molecule has 0 saturated carbocycles. The van der Waals surface area contributed by atoms with Crippen LogP contribution < -0.4 is 15.0 Å². The van der Waals surface area contributed by atoms with Crippen LogP contribution in [-0.2, 0) is 0 Å². The minimum atomic E-state index is -0.370. The van der Waals surface area contributed by atoms with Crippen LogP contribution in [0.15, 0.2) is 54.7 Å². The summed E-state index contributed by atoms with van der Waals surface area (Å²) in [4.78, 5) is 23.4. The van der Waals surface area contributed by atoms with Crippen molar-refractivity contribution in [3.05, 3.63) is 71.0 Å². The number of hydrogen-bond donors (Lipinski definition) is 1. The first-order valence-electron chi connectivity index (χ1n) is 9.52. The van der Waals surface area contributed by atoms with Gasteiger partial charge in [-0.05, 0) is 56.2 Å². The smallest absolute Gasteiger partial charge is 0.276 e. The highest BCUT2D eigenvalue weighted by Crippen LogP contribution is 2.24. The molecule has 1 N–H and O–H groups in total. The van der Waals surface area contributed by atoms with Gasteiger partial charge < -0.3 is 15.0 Å². The Morgan fingerprint density at radius 3 is 2.31 bits per heavy atom. The van der Waals surface area contributed by atoms with Crippen molar-refractivity contribution >= 4 is 29.1 Å². The largest absolute Gasteiger partial charge is 0.457 e. The Morgan fingerprint density at radius 2 is 1.66 bits per heavy atom. The number of benzene rings is 2. The first kappa shape index (κ1) is 19.2. The summed E-state index contributed by atoms with van der Waals surface area (Å²) in [6.45, 7) is 3.82. The number of ether oxygens (including phenoxy) is 1. The second-order valence-electron chi connectivity index (χ2n) is 6.95. The van der Waals surface area contributed by atoms with E-state index in [0.29, 0.717) is 17.4 Å². The Kier molecular flexibility index (Phi) is 5.62. The van der Waals surface area contributed by atoms with Crippen molar-refractivity contribution in [3.8, 4) is 11.5 Å². The van der Waals surface area contributed by atoms with E-state index >= 15 is 0 Å². The van der Waals surface area contributed by atoms with E-state index in [4.69, 9.17) is 16.3 Å². The topological polar surface area (TPSA) is 67.3 Å². The number of nitrogens with zero attached hydrogens (tertiary/aromatic N) is 3. The van der Waals surface area contributed by atoms with Gasteiger partial charge in [0.25, 0.3) is 5.91 Å². The zero-order valence-corrected chi connectivity index (χ0v) is 16.8. The van der Waals surface area contributed by atoms with Crippen molar-refractivity contribution in [1.29, 1.82) is 0 Å². The van der Waals surface area contributed by atoms with Gasteiger partial charge in [-0.1, -0.05) is 29.3 Å². The number of aryl methyl sites for hydroxylation is 1. The summed E-state index contributed by atoms with van der Waals surface area (Å²) >= 11 is 6.17. The minimum Gasteiger partial charge on any atom is -0.457 e. The number of anilines is 2. The van der Waals surface area contributed by atoms with Gasteiger partial charge in [-0.2, -0.15) is 0 Å². The summed E-state index contributed by atoms with van der Waals surface area (Å²) in [5.74, 6) is 1.61. The Labute approximate surface area is 174 Å². The Bertz CT molecular complexity index is 1000. The third-order valence-electron chi connectivity index (χ3n) is 4.70. The second kappa shape index (κ2) is 8.49. The van der Waals surface area contributed by atoms with Crippen molar-refractivity contribution in [2.75, 3.05) is 23.3 Å². The fraction of sp³-hybridized carbons (Fsp3) is 0.227. The molecule has 0 radical (unpaired) electrons. The molecule has 7 heteroatoms. The molecule has 6 nitrogen and oxygen atoms in total. The van der Waals surface area contributed by atoms with Crippen molar-refractivity contribution in [3.63, 3.8) is 0 Å². The fourth-order valence-electron chi connectivity index (χ4n) is 3.13. The van der Waals surface area contributed by atoms with Crippen molar-refractivity contribution in [2.24, 2.45) is 0 Å². The Balaban J connectivity index is 1.44. The lowest BCUT2D eigenvalue weighted by Gasteiger charge is -2.16. The molecule has 3 aromatic rings. The first-order valence-corrected chi connectivity index (χ1v) is 9.90. The predicted octanol–water partition coefficient (Wildman–Crippen LogP) is 5.08. The zero-order valence-electron chi connectivity index (χ0n) is 16.1. The normalized spacial score (nSPS) is 13.4. The molecule has 1 aliphatic rings. The number of halogens is 1. The molecular weight excluding hydrogens is 388 g/mol. The number of carbonyl (C=O) groups is 1. The van der Waals surface area contributed by atoms with Gasteiger partial charge in [-0.15, -0.1) is 0 Å². The van der Waals surface area contributed by atoms with Crippen LogP contribution in [0.2, 0.25) is 5.02 Å². The van der Waals surface area contributed by atoms with E-state index < -0.39 is 0 Å². The average molecular weight is 409 g/mol. The van der Waals surface area contributed by atoms with Gasteiger partial charge in [0.15, 0.2) is 5.69 Å². The van der Waals surface area contributed by atoms with Gasteiger partial charge in [0.1, 0.15) is 11.5 Å². The fourth-order valence-corrected chi connectivity index (χ4v) is 3.30. The molecule has 148 valence electrons. The van der Waals surface area contributed by atoms with Gasteiger partial charge in [-0.3, -0.25) is 4.79 Å². The summed E-state index contributed by atoms with van der Waals surface area (Å²) in [5, 5.41) is 3.05. The van der Waals surface area contributed by atoms with Gasteiger partial charge in [-0.25, -0.2) is 9.97 Å². The van der Waals surface area contributed by atoms with Crippen LogP contribution in [0.1, 0.15) is 28.9 Å². The third kappa shape index (κ3) is 4.66. The molecule has 1 saturated heterocycles. The highest BCUT2D eigenvalue weighted by atomic mass is 35.5. The maximum Gasteiger partial charge on any atom is 0.276 e. The van der Waals surface area contributed by atoms with Crippen LogP contribution in [-0.4, -0.2) is 29.0 Å². The highest BCUT2D eigenvalue weighted by Gasteiger charge is 2.19. The van der Waals surface area contributed by atoms with E-state index in [1.807, 2.05) is 31.2 Å². The molecule has 0 spiro atoms. The summed E-state index contributed by atoms with van der Waals surface area (Å²) in [5.41, 5.74) is 1.97. The quantitative estimate of drug-likeness (QED) is 0.637. The lowest BCUT2D eigenvalue weighted by atomic mass is 10.2. The number of aromatic nitrogens is 2. The van der Waals surface area contributed by atoms with Crippen LogP contribution in [0.4, 0.5) is 11.6 Å². The molecule has 1 amide bonds. The van der Waals surface area contributed by atoms with Gasteiger partial charge in [0, 0.05) is 18.8 Å². The number of nitrogens with one attached hydrogen (secondary N) is 1. The molecule has 0 aliphatic carbocycles. The molecule has 0 bridgehead atoms. The van der Waals surface area contributed by atoms with E-state index in [1.165, 1.54) is 11.8 Å². The molecule has 4 rings (SSSR count). The van der Waals surface area contributed by atoms with Crippen LogP contribution in [0, 0.1) is 6.92 Å². The monoisotopic (exact) mass is 408 g/mol. The van der Waals surface area contributed by atoms with Gasteiger partial charge in [0.05, 0.1) is 11.2 Å². The molecule has 0 unspecified atom stereocenters. The third-order valence-corrected chi connectivity index (χ3v) is 4.98. The van der Waals surface area contributed by atoms with E-state index in [1.54, 1.807) is 24.3 Å². The summed E-state index contributed by atoms with van der Waals surface area (Å²) in [6.07, 6.45) is 3.69. The SMILES string of the molecule is Cc1ccc(Oc2ccc(NC(=O)c3nc(N4CCCC4)ncc3Cl)cc2)cc1. The molecule has 2 aromatic carbocycles. The second-order valence-corrected chi connectivity index (χ2v) is 7.36. The molecule has 0 atom stereocenters. The Hall–Kier alpha value is -3.12. The zero-order chi connectivity index (χ0) is 20.2. The molecule has 2 heterocycles. The first-order chi connectivity index (χ1) is 14.1. The Morgan fingerprint density at radius 1 is 1.03 bits per heavy atom. The molecule has 1 fully saturated rings. The summed E-state index contributed by atoms with van der Waals surface area (Å²) < 4.78 is 5.81. The van der Waals surface area contributed by atoms with E-state index in [-0.39, 0.29) is 16.6 Å². The van der Waals surface area contributed by atoms with E-state index in [9.17, 15) is 4.79 Å². The number of rotatable bonds is 5. The minimum absolute atomic E-state index is 0.170. The van der Waals surface area contributed by atoms with Crippen LogP contribution >= 0.6 is 11.6 Å². The van der Waals surface area contributed by atoms with Gasteiger partial charge >= 0.3 is 0 Å². The number of carbonyl (C=O) groups excluding carboxylic acids is 1. The molecular formula is C22H21ClN4O2. The van der Waals surface area contributed by atoms with Gasteiger partial charge in [0.2, 0.25) is 5.95 Å². The standard InChI is InChI=1S/C22H21ClN4O2/c1-15-4-8-17(9-5-15)29-18-10-6-16(7-11-18)25-21(28)20-19(23)14-24-22(26-20)27-12-2-3-13-27/h4-11,14H,2-3,12-13H2,1H3,(H,25,28). The van der Waals surface area contributed by atoms with Crippen molar-refractivity contribution in [2.45, 2.75) is 19.8 Å². The average Bonchev–Trinajstić information content (AvgIpc) is 3.26. The number of hydrogen-bond acceptors (Lipinski definition) is 5. The summed E-state index contributed by atoms with van der Waals surface area (Å²) in [6, 6.07) is 15.0. The predicted molar refractivity (Wildman–Crippen MR) is 114 cm³/mol. The highest BCUT2D eigenvalue weighted by molar-refractivity contribution is 6.34. The molecule has 29 heavy (non-hydrogen) atoms. The van der Waals surface area contributed by atoms with Crippen LogP contribution in [0.25, 0.3) is 0 Å². The van der Waals surface area contributed by atoms with Crippen molar-refractivity contribution < 1.29 is 9.53 Å². The van der Waals surface area contributed by atoms with Crippen LogP contribution in [0.5, 0.6) is 11.5 Å². The van der Waals surface area contributed by atoms with Crippen LogP contribution in [0.3, 0.4) is 0 Å². The number of amides is 1. The lowest BCUT2D eigenvalue weighted by Crippen LogP contribution is -2.23. The molecule has 1 aliphatic heterocycles. The van der Waals surface area contributed by atoms with E-state index in [0.717, 1.165) is 31.7 Å². The van der Waals surface area contributed by atoms with E-state index in [2.05, 4.69) is 20.2 Å². The van der Waals surface area contributed by atoms with Crippen molar-refractivity contribution in [1.82, 2.24) is 9.97 Å². The summed E-state index contributed by atoms with van der Waals surface area (Å²) in [7, 11) is 0. The maximum atomic E-state index is 12.7. The maximum absolute atomic E-state index is 12.7. The molecule has 1 aromatic heterocycles.